The van der Waals surface area contributed by atoms with Crippen LogP contribution >= 0.6 is 82.0 Å². The first kappa shape index (κ1) is 96.5. The number of ether oxygens (including phenoxy) is 1. The monoisotopic (exact) mass is 1830 g/mol. The van der Waals surface area contributed by atoms with E-state index in [1.807, 2.05) is 39.8 Å². The van der Waals surface area contributed by atoms with Crippen LogP contribution in [0.1, 0.15) is 169 Å². The fourth-order valence-electron chi connectivity index (χ4n) is 11.8. The largest absolute Gasteiger partial charge is 0.496 e. The van der Waals surface area contributed by atoms with Crippen molar-refractivity contribution in [3.05, 3.63) is 289 Å². The number of nitrogens with one attached hydrogen (secondary N) is 5. The first-order valence-electron chi connectivity index (χ1n) is 38.1. The Hall–Kier alpha value is -9.37. The number of halogens is 17. The van der Waals surface area contributed by atoms with Gasteiger partial charge in [0.15, 0.2) is 52.4 Å². The number of methoxy groups -OCH3 is 1. The van der Waals surface area contributed by atoms with Crippen LogP contribution in [0.3, 0.4) is 0 Å². The molecule has 11 nitrogen and oxygen atoms in total. The van der Waals surface area contributed by atoms with Crippen molar-refractivity contribution in [1.82, 2.24) is 0 Å². The van der Waals surface area contributed by atoms with Crippen molar-refractivity contribution in [3.63, 3.8) is 0 Å². The Morgan fingerprint density at radius 1 is 0.336 bits per heavy atom. The normalized spacial score (nSPS) is 13.4. The van der Waals surface area contributed by atoms with E-state index in [1.165, 1.54) is 183 Å². The van der Waals surface area contributed by atoms with Crippen molar-refractivity contribution >= 4 is 140 Å². The van der Waals surface area contributed by atoms with Crippen LogP contribution in [0.4, 0.5) is 94.3 Å². The van der Waals surface area contributed by atoms with Gasteiger partial charge in [0.25, 0.3) is 29.5 Å². The minimum Gasteiger partial charge on any atom is -0.496 e. The molecule has 122 heavy (non-hydrogen) atoms. The topological polar surface area (TPSA) is 155 Å². The van der Waals surface area contributed by atoms with E-state index in [0.29, 0.717) is 95.1 Å². The minimum atomic E-state index is -1.61. The van der Waals surface area contributed by atoms with Crippen LogP contribution in [0, 0.1) is 87.3 Å². The molecule has 0 saturated heterocycles. The fraction of sp³-hybridized carbons (Fsp3) is 0.270. The summed E-state index contributed by atoms with van der Waals surface area (Å²) in [7, 11) is 1.64. The summed E-state index contributed by atoms with van der Waals surface area (Å²) in [6.07, 6.45) is 15.8. The SMILES string of the molecule is CC(C)(C)Sc1cc(C(=O)Nc2cc(F)c(F)c(F)c2)ccc1F.CCCSc1cc(C(=O)Nc2cc(F)c(F)c(F)c2)ccc1F.COc1ccc(C(=O)Nc2ccc(F)c(Cl)c2)cc1SC1CCCCC1.O=C(Nc1cc(F)c(F)c(F)c1)c1ccc(F)c(SC2CCCCC2)c1.O=C(Nc1ccc(F)c(Cl)c1)c1ccc(F)c(SC2CCC2)c1. The Balaban J connectivity index is 0.000000173. The van der Waals surface area contributed by atoms with Crippen LogP contribution in [0.5, 0.6) is 5.75 Å². The fourth-order valence-corrected chi connectivity index (χ4v) is 18.1. The van der Waals surface area contributed by atoms with Crippen LogP contribution < -0.4 is 31.3 Å². The molecule has 0 aromatic heterocycles. The van der Waals surface area contributed by atoms with Crippen LogP contribution in [0.15, 0.2) is 188 Å². The van der Waals surface area contributed by atoms with Gasteiger partial charge in [-0.2, -0.15) is 0 Å². The molecule has 0 bridgehead atoms. The van der Waals surface area contributed by atoms with Gasteiger partial charge < -0.3 is 31.3 Å². The zero-order chi connectivity index (χ0) is 88.6. The zero-order valence-electron chi connectivity index (χ0n) is 65.8. The predicted molar refractivity (Wildman–Crippen MR) is 456 cm³/mol. The number of carbonyl (C=O) groups is 5. The molecule has 33 heteroatoms. The van der Waals surface area contributed by atoms with Crippen molar-refractivity contribution in [3.8, 4) is 5.75 Å². The van der Waals surface area contributed by atoms with Gasteiger partial charge in [-0.15, -0.1) is 58.8 Å². The first-order chi connectivity index (χ1) is 58.0. The second-order valence-corrected chi connectivity index (χ2v) is 36.6. The van der Waals surface area contributed by atoms with E-state index < -0.39 is 99.2 Å². The van der Waals surface area contributed by atoms with Crippen LogP contribution in [0.25, 0.3) is 0 Å². The second-order valence-electron chi connectivity index (χ2n) is 28.7. The van der Waals surface area contributed by atoms with Gasteiger partial charge in [-0.1, -0.05) is 95.8 Å². The molecule has 5 amide bonds. The molecule has 3 fully saturated rings. The van der Waals surface area contributed by atoms with Gasteiger partial charge in [-0.05, 0) is 178 Å². The number of carbonyl (C=O) groups excluding carboxylic acids is 5. The average molecular weight is 1830 g/mol. The van der Waals surface area contributed by atoms with Gasteiger partial charge in [0.05, 0.1) is 22.1 Å². The maximum Gasteiger partial charge on any atom is 0.255 e. The number of thioether (sulfide) groups is 5. The molecule has 0 aliphatic heterocycles. The molecule has 0 unspecified atom stereocenters. The van der Waals surface area contributed by atoms with E-state index in [1.54, 1.807) is 31.0 Å². The molecule has 13 rings (SSSR count). The van der Waals surface area contributed by atoms with E-state index in [0.717, 1.165) is 67.7 Å². The lowest BCUT2D eigenvalue weighted by Crippen LogP contribution is -2.14. The molecule has 0 spiro atoms. The van der Waals surface area contributed by atoms with Crippen molar-refractivity contribution < 1.29 is 94.6 Å². The highest BCUT2D eigenvalue weighted by Gasteiger charge is 2.26. The lowest BCUT2D eigenvalue weighted by Gasteiger charge is -2.24. The summed E-state index contributed by atoms with van der Waals surface area (Å²) in [4.78, 5) is 63.8. The van der Waals surface area contributed by atoms with Gasteiger partial charge in [0.1, 0.15) is 40.7 Å². The molecule has 5 N–H and O–H groups in total. The third-order valence-electron chi connectivity index (χ3n) is 18.2. The number of benzene rings is 10. The molecular formula is C89H80Cl2F15N5O6S5. The second kappa shape index (κ2) is 45.8. The molecule has 3 aliphatic carbocycles. The maximum absolute atomic E-state index is 14.1. The smallest absolute Gasteiger partial charge is 0.255 e. The van der Waals surface area contributed by atoms with Crippen LogP contribution in [-0.4, -0.2) is 62.9 Å². The molecule has 10 aromatic rings. The Morgan fingerprint density at radius 2 is 0.615 bits per heavy atom. The Morgan fingerprint density at radius 3 is 0.926 bits per heavy atom. The number of hydrogen-bond donors (Lipinski definition) is 5. The number of rotatable bonds is 21. The van der Waals surface area contributed by atoms with E-state index >= 15 is 0 Å². The number of hydrogen-bond acceptors (Lipinski definition) is 11. The summed E-state index contributed by atoms with van der Waals surface area (Å²) >= 11 is 18.6. The summed E-state index contributed by atoms with van der Waals surface area (Å²) in [6, 6.07) is 33.3. The Bertz CT molecular complexity index is 5340. The summed E-state index contributed by atoms with van der Waals surface area (Å²) < 4.78 is 205. The highest BCUT2D eigenvalue weighted by molar-refractivity contribution is 8.01. The Labute approximate surface area is 726 Å². The third-order valence-corrected chi connectivity index (χ3v) is 25.3. The summed E-state index contributed by atoms with van der Waals surface area (Å²) in [5.41, 5.74) is 1.48. The molecule has 3 saturated carbocycles. The molecule has 3 aliphatic rings. The average Bonchev–Trinajstić information content (AvgIpc) is 0.837. The number of amides is 5. The first-order valence-corrected chi connectivity index (χ1v) is 43.3. The molecule has 0 atom stereocenters. The lowest BCUT2D eigenvalue weighted by atomic mass is 10.00. The van der Waals surface area contributed by atoms with Crippen molar-refractivity contribution in [1.29, 1.82) is 0 Å². The highest BCUT2D eigenvalue weighted by atomic mass is 35.5. The van der Waals surface area contributed by atoms with Crippen LogP contribution in [-0.2, 0) is 0 Å². The minimum absolute atomic E-state index is 0.0222. The van der Waals surface area contributed by atoms with Crippen molar-refractivity contribution in [2.24, 2.45) is 0 Å². The quantitative estimate of drug-likeness (QED) is 0.0265. The van der Waals surface area contributed by atoms with Crippen LogP contribution in [0.2, 0.25) is 10.0 Å². The Kier molecular flexibility index (Phi) is 36.2. The zero-order valence-corrected chi connectivity index (χ0v) is 71.4. The third kappa shape index (κ3) is 28.9. The van der Waals surface area contributed by atoms with Gasteiger partial charge in [0.2, 0.25) is 0 Å². The summed E-state index contributed by atoms with van der Waals surface area (Å²) in [5, 5.41) is 13.4. The standard InChI is InChI=1S/C20H21ClFNO2S.C19H17F4NOS.C17H14ClF2NOS.C17H15F4NOS.C16H13F4NOS/c1-25-18-10-7-13(11-19(18)26-15-5-3-2-4-6-15)20(24)23-14-8-9-17(22)16(21)12-14;20-14-7-6-11(8-17(14)26-13-4-2-1-3-5-13)19(25)24-12-9-15(21)18(23)16(22)10-12;18-13-9-11(5-7-14(13)19)21-17(22)10-4-6-15(20)16(8-10)23-12-2-1-3-12;1-17(2,3)24-14-6-9(4-5-11(14)18)16(23)22-10-7-12(19)15(21)13(20)8-10;1-2-5-23-14-6-9(3-4-11(14)17)16(22)21-10-7-12(18)15(20)13(19)8-10/h7-12,15H,2-6H2,1H3,(H,23,24);6-10,13H,1-5H2,(H,24,25);4-9,12H,1-3H2,(H,21,22);4-8H,1-3H3,(H,22,23);3-4,6-8H,2,5H2,1H3,(H,21,22). The molecule has 0 heterocycles. The van der Waals surface area contributed by atoms with E-state index in [4.69, 9.17) is 27.9 Å². The predicted octanol–water partition coefficient (Wildman–Crippen LogP) is 28.0. The van der Waals surface area contributed by atoms with Crippen molar-refractivity contribution in [2.45, 2.75) is 163 Å². The number of anilines is 5. The molecule has 646 valence electrons. The highest BCUT2D eigenvalue weighted by Crippen LogP contribution is 2.42. The van der Waals surface area contributed by atoms with E-state index in [2.05, 4.69) is 26.6 Å². The van der Waals surface area contributed by atoms with E-state index in [9.17, 15) is 89.8 Å². The maximum atomic E-state index is 14.1. The molecule has 10 aromatic carbocycles. The van der Waals surface area contributed by atoms with E-state index in [-0.39, 0.29) is 71.1 Å². The summed E-state index contributed by atoms with van der Waals surface area (Å²) in [5.74, 6) is -17.1. The molecular weight excluding hydrogens is 1750 g/mol. The lowest BCUT2D eigenvalue weighted by molar-refractivity contribution is 0.101. The van der Waals surface area contributed by atoms with Gasteiger partial charge in [-0.25, -0.2) is 65.9 Å². The summed E-state index contributed by atoms with van der Waals surface area (Å²) in [6.45, 7) is 7.63. The van der Waals surface area contributed by atoms with Gasteiger partial charge >= 0.3 is 0 Å². The van der Waals surface area contributed by atoms with Gasteiger partial charge in [-0.3, -0.25) is 24.0 Å². The van der Waals surface area contributed by atoms with Gasteiger partial charge in [0, 0.05) is 133 Å². The van der Waals surface area contributed by atoms with Crippen molar-refractivity contribution in [2.75, 3.05) is 39.4 Å². The molecule has 0 radical (unpaired) electrons.